The van der Waals surface area contributed by atoms with E-state index in [4.69, 9.17) is 0 Å². The van der Waals surface area contributed by atoms with Gasteiger partial charge in [-0.25, -0.2) is 0 Å². The number of rotatable bonds is 3. The molecule has 0 aliphatic heterocycles. The molecule has 14 heavy (non-hydrogen) atoms. The number of benzene rings is 1. The predicted octanol–water partition coefficient (Wildman–Crippen LogP) is 1.56. The van der Waals surface area contributed by atoms with Gasteiger partial charge in [-0.2, -0.15) is 0 Å². The fourth-order valence-corrected chi connectivity index (χ4v) is 2.13. The molecule has 1 heterocycles. The summed E-state index contributed by atoms with van der Waals surface area (Å²) in [6.45, 7) is 0. The molecule has 0 spiro atoms. The fourth-order valence-electron chi connectivity index (χ4n) is 1.01. The first-order valence-corrected chi connectivity index (χ1v) is 6.57. The molecule has 0 bridgehead atoms. The van der Waals surface area contributed by atoms with Crippen molar-refractivity contribution < 1.29 is 3.74 Å². The molecular weight excluding hydrogens is 259 g/mol. The van der Waals surface area contributed by atoms with Gasteiger partial charge in [0, 0.05) is 0 Å². The van der Waals surface area contributed by atoms with Crippen LogP contribution in [0.3, 0.4) is 0 Å². The minimum absolute atomic E-state index is 0.869. The van der Waals surface area contributed by atoms with Gasteiger partial charge in [0.15, 0.2) is 0 Å². The fraction of sp³-hybridized carbons (Fsp3) is 0. The molecular formula is C9H7AsN2OS. The monoisotopic (exact) mass is 266 g/mol. The van der Waals surface area contributed by atoms with Crippen molar-refractivity contribution in [3.05, 3.63) is 35.8 Å². The molecule has 1 aromatic heterocycles. The van der Waals surface area contributed by atoms with Gasteiger partial charge in [-0.1, -0.05) is 0 Å². The Morgan fingerprint density at radius 3 is 2.64 bits per heavy atom. The van der Waals surface area contributed by atoms with Gasteiger partial charge in [0.1, 0.15) is 0 Å². The number of nitrogens with one attached hydrogen (secondary N) is 1. The summed E-state index contributed by atoms with van der Waals surface area (Å²) in [5.41, 5.74) is 0.971. The summed E-state index contributed by atoms with van der Waals surface area (Å²) in [4.78, 5) is 4.11. The zero-order valence-electron chi connectivity index (χ0n) is 7.18. The second kappa shape index (κ2) is 4.49. The Labute approximate surface area is 92.1 Å². The third-order valence-electron chi connectivity index (χ3n) is 1.66. The first kappa shape index (κ1) is 9.56. The van der Waals surface area contributed by atoms with Crippen LogP contribution in [0.2, 0.25) is 0 Å². The minimum atomic E-state index is -0.916. The summed E-state index contributed by atoms with van der Waals surface area (Å²) in [5, 5.41) is 5.94. The van der Waals surface area contributed by atoms with Crippen molar-refractivity contribution in [2.24, 2.45) is 0 Å². The zero-order valence-corrected chi connectivity index (χ0v) is 9.87. The van der Waals surface area contributed by atoms with Crippen LogP contribution in [0.1, 0.15) is 0 Å². The molecule has 1 aromatic carbocycles. The van der Waals surface area contributed by atoms with Crippen molar-refractivity contribution in [2.45, 2.75) is 0 Å². The molecule has 2 aromatic rings. The predicted molar refractivity (Wildman–Crippen MR) is 57.9 cm³/mol. The van der Waals surface area contributed by atoms with Crippen LogP contribution in [0.25, 0.3) is 0 Å². The van der Waals surface area contributed by atoms with E-state index in [0.29, 0.717) is 0 Å². The van der Waals surface area contributed by atoms with Crippen LogP contribution in [0, 0.1) is 0 Å². The van der Waals surface area contributed by atoms with Crippen molar-refractivity contribution >= 4 is 42.2 Å². The average Bonchev–Trinajstić information content (AvgIpc) is 2.72. The molecule has 0 radical (unpaired) electrons. The topological polar surface area (TPSA) is 42.0 Å². The summed E-state index contributed by atoms with van der Waals surface area (Å²) >= 11 is 0.634. The Morgan fingerprint density at radius 2 is 2.07 bits per heavy atom. The number of nitrogens with zero attached hydrogens (tertiary/aromatic N) is 1. The van der Waals surface area contributed by atoms with E-state index >= 15 is 0 Å². The Kier molecular flexibility index (Phi) is 3.06. The van der Waals surface area contributed by atoms with E-state index in [1.54, 1.807) is 17.5 Å². The van der Waals surface area contributed by atoms with Crippen LogP contribution in [-0.4, -0.2) is 20.7 Å². The van der Waals surface area contributed by atoms with Gasteiger partial charge >= 0.3 is 92.1 Å². The van der Waals surface area contributed by atoms with E-state index in [1.807, 2.05) is 29.6 Å². The summed E-state index contributed by atoms with van der Waals surface area (Å²) in [5.74, 6) is 0. The Balaban J connectivity index is 2.14. The van der Waals surface area contributed by atoms with Crippen molar-refractivity contribution in [2.75, 3.05) is 5.32 Å². The number of anilines is 2. The quantitative estimate of drug-likeness (QED) is 0.857. The average molecular weight is 266 g/mol. The maximum absolute atomic E-state index is 10.6. The normalized spacial score (nSPS) is 10.3. The van der Waals surface area contributed by atoms with Crippen molar-refractivity contribution in [1.82, 2.24) is 4.98 Å². The van der Waals surface area contributed by atoms with Gasteiger partial charge in [0.05, 0.1) is 0 Å². The summed E-state index contributed by atoms with van der Waals surface area (Å²) in [7, 11) is 0. The Morgan fingerprint density at radius 1 is 1.29 bits per heavy atom. The van der Waals surface area contributed by atoms with Crippen LogP contribution in [-0.2, 0) is 3.74 Å². The Bertz CT molecular complexity index is 413. The van der Waals surface area contributed by atoms with Gasteiger partial charge in [-0.15, -0.1) is 0 Å². The van der Waals surface area contributed by atoms with E-state index in [-0.39, 0.29) is 0 Å². The summed E-state index contributed by atoms with van der Waals surface area (Å²) in [6, 6.07) is 7.54. The molecule has 0 aliphatic carbocycles. The van der Waals surface area contributed by atoms with Crippen molar-refractivity contribution in [3.8, 4) is 0 Å². The molecule has 3 nitrogen and oxygen atoms in total. The standard InChI is InChI=1S/C9H7AsN2OS/c13-10-7-1-3-8(4-2-7)12-9-11-5-6-14-9/h1-6H,(H,11,12). The Hall–Kier alpha value is -0.992. The van der Waals surface area contributed by atoms with Crippen LogP contribution in [0.15, 0.2) is 35.8 Å². The number of thiazole rings is 1. The first-order chi connectivity index (χ1) is 6.88. The second-order valence-electron chi connectivity index (χ2n) is 2.60. The molecule has 70 valence electrons. The van der Waals surface area contributed by atoms with Crippen LogP contribution >= 0.6 is 11.3 Å². The summed E-state index contributed by atoms with van der Waals surface area (Å²) < 4.78 is 11.5. The van der Waals surface area contributed by atoms with Gasteiger partial charge in [-0.3, -0.25) is 0 Å². The van der Waals surface area contributed by atoms with E-state index in [9.17, 15) is 3.74 Å². The molecule has 0 aliphatic rings. The van der Waals surface area contributed by atoms with Crippen LogP contribution in [0.4, 0.5) is 10.8 Å². The molecule has 0 fully saturated rings. The maximum atomic E-state index is 10.6. The van der Waals surface area contributed by atoms with Crippen LogP contribution in [0.5, 0.6) is 0 Å². The van der Waals surface area contributed by atoms with E-state index < -0.39 is 15.7 Å². The molecule has 0 saturated carbocycles. The van der Waals surface area contributed by atoms with Gasteiger partial charge in [-0.05, 0) is 0 Å². The van der Waals surface area contributed by atoms with Gasteiger partial charge < -0.3 is 0 Å². The van der Waals surface area contributed by atoms with Gasteiger partial charge in [0.25, 0.3) is 0 Å². The molecule has 0 unspecified atom stereocenters. The zero-order chi connectivity index (χ0) is 9.80. The molecule has 0 atom stereocenters. The molecule has 1 N–H and O–H groups in total. The van der Waals surface area contributed by atoms with Crippen LogP contribution < -0.4 is 9.67 Å². The van der Waals surface area contributed by atoms with E-state index in [0.717, 1.165) is 15.2 Å². The third kappa shape index (κ3) is 2.28. The molecule has 2 rings (SSSR count). The molecule has 0 saturated heterocycles. The summed E-state index contributed by atoms with van der Waals surface area (Å²) in [6.07, 6.45) is 1.75. The SMILES string of the molecule is O=[As]c1ccc(Nc2nccs2)cc1. The number of hydrogen-bond acceptors (Lipinski definition) is 4. The number of hydrogen-bond donors (Lipinski definition) is 1. The first-order valence-electron chi connectivity index (χ1n) is 3.98. The van der Waals surface area contributed by atoms with Crippen molar-refractivity contribution in [3.63, 3.8) is 0 Å². The van der Waals surface area contributed by atoms with Gasteiger partial charge in [0.2, 0.25) is 0 Å². The van der Waals surface area contributed by atoms with E-state index in [1.165, 1.54) is 0 Å². The second-order valence-corrected chi connectivity index (χ2v) is 4.96. The molecule has 0 amide bonds. The number of aromatic nitrogens is 1. The van der Waals surface area contributed by atoms with Crippen molar-refractivity contribution in [1.29, 1.82) is 0 Å². The molecule has 5 heteroatoms. The third-order valence-corrected chi connectivity index (χ3v) is 3.41. The van der Waals surface area contributed by atoms with E-state index in [2.05, 4.69) is 10.3 Å².